The average Bonchev–Trinajstić information content (AvgIpc) is 2.48. The largest absolute Gasteiger partial charge is 0.480 e. The van der Waals surface area contributed by atoms with E-state index in [4.69, 9.17) is 9.16 Å². The fourth-order valence-corrected chi connectivity index (χ4v) is 4.08. The van der Waals surface area contributed by atoms with E-state index in [1.54, 1.807) is 20.8 Å². The van der Waals surface area contributed by atoms with Gasteiger partial charge in [0.05, 0.1) is 0 Å². The molecule has 7 heteroatoms. The van der Waals surface area contributed by atoms with Crippen LogP contribution in [0, 0.1) is 5.92 Å². The molecule has 27 heavy (non-hydrogen) atoms. The minimum absolute atomic E-state index is 0.195. The van der Waals surface area contributed by atoms with Gasteiger partial charge < -0.3 is 14.3 Å². The zero-order valence-corrected chi connectivity index (χ0v) is 19.4. The first-order valence-electron chi connectivity index (χ1n) is 10.0. The Morgan fingerprint density at radius 1 is 1.15 bits per heavy atom. The monoisotopic (exact) mass is 401 g/mol. The number of piperidine rings is 1. The summed E-state index contributed by atoms with van der Waals surface area (Å²) >= 11 is 0. The lowest BCUT2D eigenvalue weighted by molar-refractivity contribution is -0.145. The molecule has 0 aromatic carbocycles. The molecular formula is C20H39NO5Si. The van der Waals surface area contributed by atoms with E-state index >= 15 is 0 Å². The highest BCUT2D eigenvalue weighted by Crippen LogP contribution is 2.37. The number of hydrogen-bond donors (Lipinski definition) is 1. The van der Waals surface area contributed by atoms with Gasteiger partial charge in [0.25, 0.3) is 0 Å². The molecule has 1 aliphatic rings. The van der Waals surface area contributed by atoms with Crippen LogP contribution in [0.25, 0.3) is 0 Å². The highest BCUT2D eigenvalue weighted by molar-refractivity contribution is 6.74. The molecule has 0 radical (unpaired) electrons. The van der Waals surface area contributed by atoms with Gasteiger partial charge in [0, 0.05) is 13.2 Å². The Morgan fingerprint density at radius 3 is 2.22 bits per heavy atom. The number of carboxylic acid groups (broad SMARTS) is 1. The highest BCUT2D eigenvalue weighted by Gasteiger charge is 2.39. The van der Waals surface area contributed by atoms with E-state index in [0.717, 1.165) is 25.9 Å². The second kappa shape index (κ2) is 8.95. The number of hydrogen-bond acceptors (Lipinski definition) is 4. The van der Waals surface area contributed by atoms with Crippen molar-refractivity contribution in [2.45, 2.75) is 97.0 Å². The van der Waals surface area contributed by atoms with Crippen LogP contribution >= 0.6 is 0 Å². The SMILES string of the molecule is CC(C)(C)OC(=O)N1CCC(CCCO[Si](C)(C)C(C)(C)C)CC1C(=O)O. The number of carboxylic acids is 1. The number of rotatable bonds is 6. The van der Waals surface area contributed by atoms with E-state index in [9.17, 15) is 14.7 Å². The summed E-state index contributed by atoms with van der Waals surface area (Å²) in [5.41, 5.74) is -0.627. The van der Waals surface area contributed by atoms with Gasteiger partial charge in [-0.15, -0.1) is 0 Å². The van der Waals surface area contributed by atoms with Crippen molar-refractivity contribution in [3.05, 3.63) is 0 Å². The maximum atomic E-state index is 12.3. The molecule has 6 nitrogen and oxygen atoms in total. The van der Waals surface area contributed by atoms with Gasteiger partial charge in [0.15, 0.2) is 8.32 Å². The van der Waals surface area contributed by atoms with Crippen molar-refractivity contribution >= 4 is 20.4 Å². The molecule has 1 fully saturated rings. The smallest absolute Gasteiger partial charge is 0.411 e. The van der Waals surface area contributed by atoms with Gasteiger partial charge in [-0.3, -0.25) is 4.90 Å². The van der Waals surface area contributed by atoms with Crippen LogP contribution in [0.5, 0.6) is 0 Å². The zero-order chi connectivity index (χ0) is 21.0. The Bertz CT molecular complexity index is 521. The number of carbonyl (C=O) groups is 2. The first kappa shape index (κ1) is 24.0. The van der Waals surface area contributed by atoms with Gasteiger partial charge >= 0.3 is 12.1 Å². The van der Waals surface area contributed by atoms with Gasteiger partial charge in [-0.25, -0.2) is 9.59 Å². The lowest BCUT2D eigenvalue weighted by Crippen LogP contribution is -2.51. The molecule has 158 valence electrons. The summed E-state index contributed by atoms with van der Waals surface area (Å²) in [6, 6.07) is -0.806. The van der Waals surface area contributed by atoms with Gasteiger partial charge in [-0.1, -0.05) is 20.8 Å². The van der Waals surface area contributed by atoms with E-state index in [-0.39, 0.29) is 5.04 Å². The Labute approximate surface area is 165 Å². The maximum absolute atomic E-state index is 12.3. The molecule has 1 N–H and O–H groups in total. The Hall–Kier alpha value is -1.08. The molecule has 2 unspecified atom stereocenters. The number of ether oxygens (including phenoxy) is 1. The van der Waals surface area contributed by atoms with Crippen LogP contribution in [0.15, 0.2) is 0 Å². The number of amides is 1. The third-order valence-corrected chi connectivity index (χ3v) is 10.2. The number of aliphatic carboxylic acids is 1. The third kappa shape index (κ3) is 7.45. The van der Waals surface area contributed by atoms with E-state index in [0.29, 0.717) is 18.9 Å². The summed E-state index contributed by atoms with van der Waals surface area (Å²) in [4.78, 5) is 25.4. The zero-order valence-electron chi connectivity index (χ0n) is 18.4. The van der Waals surface area contributed by atoms with E-state index in [1.165, 1.54) is 4.90 Å². The van der Waals surface area contributed by atoms with Crippen LogP contribution in [-0.4, -0.2) is 55.2 Å². The first-order valence-corrected chi connectivity index (χ1v) is 12.9. The number of nitrogens with zero attached hydrogens (tertiary/aromatic N) is 1. The molecule has 0 saturated carbocycles. The fraction of sp³-hybridized carbons (Fsp3) is 0.900. The summed E-state index contributed by atoms with van der Waals surface area (Å²) < 4.78 is 11.6. The van der Waals surface area contributed by atoms with E-state index in [1.807, 2.05) is 0 Å². The minimum atomic E-state index is -1.74. The quantitative estimate of drug-likeness (QED) is 0.506. The van der Waals surface area contributed by atoms with Gasteiger partial charge in [-0.05, 0) is 70.5 Å². The van der Waals surface area contributed by atoms with E-state index in [2.05, 4.69) is 33.9 Å². The van der Waals surface area contributed by atoms with Crippen molar-refractivity contribution in [1.29, 1.82) is 0 Å². The molecular weight excluding hydrogens is 362 g/mol. The Morgan fingerprint density at radius 2 is 1.74 bits per heavy atom. The Balaban J connectivity index is 2.54. The molecule has 1 aliphatic heterocycles. The summed E-state index contributed by atoms with van der Waals surface area (Å²) in [6.45, 7) is 17.7. The van der Waals surface area contributed by atoms with Gasteiger partial charge in [0.2, 0.25) is 0 Å². The van der Waals surface area contributed by atoms with Crippen LogP contribution in [0.4, 0.5) is 4.79 Å². The van der Waals surface area contributed by atoms with Crippen LogP contribution in [0.1, 0.15) is 67.2 Å². The highest BCUT2D eigenvalue weighted by atomic mass is 28.4. The minimum Gasteiger partial charge on any atom is -0.480 e. The van der Waals surface area contributed by atoms with Crippen LogP contribution < -0.4 is 0 Å². The lowest BCUT2D eigenvalue weighted by atomic mass is 9.87. The normalized spacial score (nSPS) is 21.9. The molecule has 0 aromatic rings. The van der Waals surface area contributed by atoms with Crippen molar-refractivity contribution in [3.8, 4) is 0 Å². The summed E-state index contributed by atoms with van der Waals surface area (Å²) in [5, 5.41) is 9.77. The predicted molar refractivity (Wildman–Crippen MR) is 109 cm³/mol. The second-order valence-corrected chi connectivity index (χ2v) is 15.0. The van der Waals surface area contributed by atoms with Crippen molar-refractivity contribution in [2.75, 3.05) is 13.2 Å². The summed E-state index contributed by atoms with van der Waals surface area (Å²) in [7, 11) is -1.74. The molecule has 0 aliphatic carbocycles. The third-order valence-electron chi connectivity index (χ3n) is 5.65. The Kier molecular flexibility index (Phi) is 7.94. The van der Waals surface area contributed by atoms with Gasteiger partial charge in [0.1, 0.15) is 11.6 Å². The molecule has 1 heterocycles. The molecule has 1 saturated heterocycles. The molecule has 1 rings (SSSR count). The van der Waals surface area contributed by atoms with Crippen LogP contribution in [0.3, 0.4) is 0 Å². The van der Waals surface area contributed by atoms with Crippen LogP contribution in [-0.2, 0) is 14.0 Å². The van der Waals surface area contributed by atoms with Crippen molar-refractivity contribution in [2.24, 2.45) is 5.92 Å². The second-order valence-electron chi connectivity index (χ2n) is 10.2. The number of likely N-dealkylation sites (tertiary alicyclic amines) is 1. The summed E-state index contributed by atoms with van der Waals surface area (Å²) in [6.07, 6.45) is 2.61. The van der Waals surface area contributed by atoms with Crippen molar-refractivity contribution < 1.29 is 23.9 Å². The topological polar surface area (TPSA) is 76.1 Å². The predicted octanol–water partition coefficient (Wildman–Crippen LogP) is 4.89. The van der Waals surface area contributed by atoms with Gasteiger partial charge in [-0.2, -0.15) is 0 Å². The standard InChI is InChI=1S/C20H39NO5Si/c1-19(2,3)26-18(24)21-12-11-15(14-16(21)17(22)23)10-9-13-25-27(7,8)20(4,5)6/h15-16H,9-14H2,1-8H3,(H,22,23). The molecule has 0 bridgehead atoms. The molecule has 0 spiro atoms. The van der Waals surface area contributed by atoms with Crippen molar-refractivity contribution in [3.63, 3.8) is 0 Å². The molecule has 0 aromatic heterocycles. The average molecular weight is 402 g/mol. The summed E-state index contributed by atoms with van der Waals surface area (Å²) in [5.74, 6) is -0.657. The molecule has 1 amide bonds. The van der Waals surface area contributed by atoms with E-state index < -0.39 is 32.0 Å². The maximum Gasteiger partial charge on any atom is 0.411 e. The van der Waals surface area contributed by atoms with Crippen LogP contribution in [0.2, 0.25) is 18.1 Å². The van der Waals surface area contributed by atoms with Crippen molar-refractivity contribution in [1.82, 2.24) is 4.90 Å². The lowest BCUT2D eigenvalue weighted by Gasteiger charge is -2.38. The first-order chi connectivity index (χ1) is 12.1. The fourth-order valence-electron chi connectivity index (χ4n) is 2.99. The molecule has 2 atom stereocenters. The number of carbonyl (C=O) groups excluding carboxylic acids is 1.